The molecule has 0 bridgehead atoms. The SMILES string of the molecule is O=C(CN1CCOCC1C(=O)O)NCc1ccccc1Cl. The molecular weight excluding hydrogens is 296 g/mol. The Morgan fingerprint density at radius 2 is 2.19 bits per heavy atom. The van der Waals surface area contributed by atoms with Crippen LogP contribution in [0.15, 0.2) is 24.3 Å². The fraction of sp³-hybridized carbons (Fsp3) is 0.429. The highest BCUT2D eigenvalue weighted by molar-refractivity contribution is 6.31. The van der Waals surface area contributed by atoms with Crippen LogP contribution in [-0.2, 0) is 20.9 Å². The van der Waals surface area contributed by atoms with Crippen molar-refractivity contribution in [1.82, 2.24) is 10.2 Å². The number of hydrogen-bond donors (Lipinski definition) is 2. The molecule has 1 heterocycles. The molecule has 1 aliphatic heterocycles. The standard InChI is InChI=1S/C14H17ClN2O4/c15-11-4-2-1-3-10(11)7-16-13(18)8-17-5-6-21-9-12(17)14(19)20/h1-4,12H,5-9H2,(H,16,18)(H,19,20). The van der Waals surface area contributed by atoms with Crippen LogP contribution >= 0.6 is 11.6 Å². The van der Waals surface area contributed by atoms with Crippen LogP contribution in [0.4, 0.5) is 0 Å². The van der Waals surface area contributed by atoms with E-state index in [1.54, 1.807) is 11.0 Å². The lowest BCUT2D eigenvalue weighted by molar-refractivity contribution is -0.150. The predicted octanol–water partition coefficient (Wildman–Crippen LogP) is 0.742. The summed E-state index contributed by atoms with van der Waals surface area (Å²) in [5, 5.41) is 12.4. The Labute approximate surface area is 127 Å². The van der Waals surface area contributed by atoms with E-state index in [-0.39, 0.29) is 19.1 Å². The number of carbonyl (C=O) groups excluding carboxylic acids is 1. The molecule has 1 aliphatic rings. The lowest BCUT2D eigenvalue weighted by Crippen LogP contribution is -2.53. The van der Waals surface area contributed by atoms with Crippen molar-refractivity contribution in [3.63, 3.8) is 0 Å². The highest BCUT2D eigenvalue weighted by atomic mass is 35.5. The van der Waals surface area contributed by atoms with Crippen molar-refractivity contribution in [2.45, 2.75) is 12.6 Å². The topological polar surface area (TPSA) is 78.9 Å². The summed E-state index contributed by atoms with van der Waals surface area (Å²) in [6.07, 6.45) is 0. The summed E-state index contributed by atoms with van der Waals surface area (Å²) in [5.41, 5.74) is 0.823. The van der Waals surface area contributed by atoms with Gasteiger partial charge < -0.3 is 15.2 Å². The molecule has 0 saturated carbocycles. The summed E-state index contributed by atoms with van der Waals surface area (Å²) in [5.74, 6) is -1.21. The van der Waals surface area contributed by atoms with Crippen LogP contribution in [0.5, 0.6) is 0 Å². The summed E-state index contributed by atoms with van der Waals surface area (Å²) in [6, 6.07) is 6.47. The molecule has 1 amide bonds. The second kappa shape index (κ2) is 7.40. The van der Waals surface area contributed by atoms with Crippen molar-refractivity contribution in [2.75, 3.05) is 26.3 Å². The number of carboxylic acid groups (broad SMARTS) is 1. The number of halogens is 1. The Morgan fingerprint density at radius 1 is 1.43 bits per heavy atom. The van der Waals surface area contributed by atoms with Gasteiger partial charge in [0.15, 0.2) is 0 Å². The number of morpholine rings is 1. The summed E-state index contributed by atoms with van der Waals surface area (Å²) in [6.45, 7) is 1.32. The summed E-state index contributed by atoms with van der Waals surface area (Å²) in [4.78, 5) is 24.6. The molecule has 6 nitrogen and oxygen atoms in total. The number of nitrogens with zero attached hydrogens (tertiary/aromatic N) is 1. The van der Waals surface area contributed by atoms with E-state index in [9.17, 15) is 9.59 Å². The zero-order chi connectivity index (χ0) is 15.2. The number of benzene rings is 1. The van der Waals surface area contributed by atoms with Gasteiger partial charge in [0.1, 0.15) is 6.04 Å². The molecule has 0 radical (unpaired) electrons. The first-order valence-corrected chi connectivity index (χ1v) is 7.00. The van der Waals surface area contributed by atoms with Gasteiger partial charge in [-0.05, 0) is 11.6 Å². The highest BCUT2D eigenvalue weighted by Gasteiger charge is 2.30. The smallest absolute Gasteiger partial charge is 0.323 e. The average molecular weight is 313 g/mol. The molecule has 0 aliphatic carbocycles. The van der Waals surface area contributed by atoms with Gasteiger partial charge in [0.05, 0.1) is 19.8 Å². The van der Waals surface area contributed by atoms with Crippen molar-refractivity contribution >= 4 is 23.5 Å². The Morgan fingerprint density at radius 3 is 2.90 bits per heavy atom. The molecule has 21 heavy (non-hydrogen) atoms. The Bertz CT molecular complexity index is 523. The van der Waals surface area contributed by atoms with Crippen LogP contribution in [-0.4, -0.2) is 54.2 Å². The minimum absolute atomic E-state index is 0.0325. The van der Waals surface area contributed by atoms with Gasteiger partial charge in [-0.25, -0.2) is 0 Å². The fourth-order valence-corrected chi connectivity index (χ4v) is 2.33. The maximum atomic E-state index is 11.9. The van der Waals surface area contributed by atoms with Crippen LogP contribution in [0, 0.1) is 0 Å². The molecule has 7 heteroatoms. The molecular formula is C14H17ClN2O4. The van der Waals surface area contributed by atoms with Crippen LogP contribution in [0.2, 0.25) is 5.02 Å². The molecule has 0 spiro atoms. The quantitative estimate of drug-likeness (QED) is 0.838. The minimum Gasteiger partial charge on any atom is -0.480 e. The van der Waals surface area contributed by atoms with Crippen molar-refractivity contribution in [3.05, 3.63) is 34.9 Å². The van der Waals surface area contributed by atoms with Gasteiger partial charge in [0.2, 0.25) is 5.91 Å². The first kappa shape index (κ1) is 15.8. The molecule has 1 atom stereocenters. The van der Waals surface area contributed by atoms with E-state index >= 15 is 0 Å². The van der Waals surface area contributed by atoms with Gasteiger partial charge in [-0.1, -0.05) is 29.8 Å². The number of carboxylic acids is 1. The average Bonchev–Trinajstić information content (AvgIpc) is 2.47. The zero-order valence-corrected chi connectivity index (χ0v) is 12.2. The maximum Gasteiger partial charge on any atom is 0.323 e. The zero-order valence-electron chi connectivity index (χ0n) is 11.4. The van der Waals surface area contributed by atoms with Gasteiger partial charge in [0.25, 0.3) is 0 Å². The van der Waals surface area contributed by atoms with Crippen LogP contribution < -0.4 is 5.32 Å². The van der Waals surface area contributed by atoms with E-state index in [1.807, 2.05) is 18.2 Å². The number of hydrogen-bond acceptors (Lipinski definition) is 4. The van der Waals surface area contributed by atoms with E-state index in [0.717, 1.165) is 5.56 Å². The summed E-state index contributed by atoms with van der Waals surface area (Å²) in [7, 11) is 0. The van der Waals surface area contributed by atoms with E-state index in [0.29, 0.717) is 24.7 Å². The number of amides is 1. The first-order valence-electron chi connectivity index (χ1n) is 6.62. The fourth-order valence-electron chi connectivity index (χ4n) is 2.13. The second-order valence-electron chi connectivity index (χ2n) is 4.77. The van der Waals surface area contributed by atoms with Crippen LogP contribution in [0.1, 0.15) is 5.56 Å². The van der Waals surface area contributed by atoms with Gasteiger partial charge >= 0.3 is 5.97 Å². The minimum atomic E-state index is -0.978. The molecule has 0 aromatic heterocycles. The van der Waals surface area contributed by atoms with E-state index in [2.05, 4.69) is 5.32 Å². The van der Waals surface area contributed by atoms with Crippen LogP contribution in [0.3, 0.4) is 0 Å². The highest BCUT2D eigenvalue weighted by Crippen LogP contribution is 2.14. The Balaban J connectivity index is 1.86. The third kappa shape index (κ3) is 4.42. The molecule has 1 unspecified atom stereocenters. The summed E-state index contributed by atoms with van der Waals surface area (Å²) >= 11 is 6.01. The normalized spacial score (nSPS) is 19.2. The van der Waals surface area contributed by atoms with E-state index in [1.165, 1.54) is 0 Å². The molecule has 2 rings (SSSR count). The van der Waals surface area contributed by atoms with Gasteiger partial charge in [-0.15, -0.1) is 0 Å². The van der Waals surface area contributed by atoms with Crippen molar-refractivity contribution < 1.29 is 19.4 Å². The van der Waals surface area contributed by atoms with Crippen molar-refractivity contribution in [2.24, 2.45) is 0 Å². The third-order valence-electron chi connectivity index (χ3n) is 3.30. The first-order chi connectivity index (χ1) is 10.1. The third-order valence-corrected chi connectivity index (χ3v) is 3.67. The molecule has 114 valence electrons. The van der Waals surface area contributed by atoms with Gasteiger partial charge in [-0.3, -0.25) is 14.5 Å². The lowest BCUT2D eigenvalue weighted by atomic mass is 10.2. The Hall–Kier alpha value is -1.63. The molecule has 1 saturated heterocycles. The number of ether oxygens (including phenoxy) is 1. The molecule has 1 aromatic rings. The Kier molecular flexibility index (Phi) is 5.55. The number of nitrogens with one attached hydrogen (secondary N) is 1. The maximum absolute atomic E-state index is 11.9. The summed E-state index contributed by atoms with van der Waals surface area (Å²) < 4.78 is 5.13. The number of aliphatic carboxylic acids is 1. The lowest BCUT2D eigenvalue weighted by Gasteiger charge is -2.32. The predicted molar refractivity (Wildman–Crippen MR) is 77.1 cm³/mol. The molecule has 2 N–H and O–H groups in total. The van der Waals surface area contributed by atoms with Crippen molar-refractivity contribution in [1.29, 1.82) is 0 Å². The number of carbonyl (C=O) groups is 2. The van der Waals surface area contributed by atoms with Gasteiger partial charge in [0, 0.05) is 18.1 Å². The largest absolute Gasteiger partial charge is 0.480 e. The monoisotopic (exact) mass is 312 g/mol. The molecule has 1 aromatic carbocycles. The van der Waals surface area contributed by atoms with Gasteiger partial charge in [-0.2, -0.15) is 0 Å². The molecule has 1 fully saturated rings. The van der Waals surface area contributed by atoms with E-state index in [4.69, 9.17) is 21.4 Å². The number of rotatable bonds is 5. The van der Waals surface area contributed by atoms with Crippen molar-refractivity contribution in [3.8, 4) is 0 Å². The van der Waals surface area contributed by atoms with E-state index < -0.39 is 12.0 Å². The second-order valence-corrected chi connectivity index (χ2v) is 5.17. The van der Waals surface area contributed by atoms with Crippen LogP contribution in [0.25, 0.3) is 0 Å².